The van der Waals surface area contributed by atoms with Crippen LogP contribution in [-0.4, -0.2) is 17.0 Å². The maximum Gasteiger partial charge on any atom is 0.337 e. The third kappa shape index (κ3) is 3.97. The number of hydrogen-bond acceptors (Lipinski definition) is 3. The number of nitrogens with one attached hydrogen (secondary N) is 2. The molecule has 2 rings (SSSR count). The molecule has 0 fully saturated rings. The van der Waals surface area contributed by atoms with E-state index in [-0.39, 0.29) is 11.5 Å². The van der Waals surface area contributed by atoms with Gasteiger partial charge in [-0.15, -0.1) is 0 Å². The molecule has 0 saturated carbocycles. The molecular weight excluding hydrogens is 292 g/mol. The van der Waals surface area contributed by atoms with E-state index in [0.29, 0.717) is 22.1 Å². The van der Waals surface area contributed by atoms with Crippen LogP contribution in [0.25, 0.3) is 0 Å². The zero-order chi connectivity index (χ0) is 15.4. The molecule has 2 aromatic carbocycles. The summed E-state index contributed by atoms with van der Waals surface area (Å²) in [6.07, 6.45) is 0. The predicted octanol–water partition coefficient (Wildman–Crippen LogP) is 3.74. The summed E-state index contributed by atoms with van der Waals surface area (Å²) < 4.78 is 0. The van der Waals surface area contributed by atoms with Crippen molar-refractivity contribution in [1.82, 2.24) is 0 Å². The van der Waals surface area contributed by atoms with Crippen LogP contribution in [0.2, 0.25) is 5.02 Å². The number of benzene rings is 2. The van der Waals surface area contributed by atoms with Crippen molar-refractivity contribution in [2.75, 3.05) is 10.6 Å². The second kappa shape index (κ2) is 6.28. The third-order valence-corrected chi connectivity index (χ3v) is 2.91. The number of carbonyl (C=O) groups excluding carboxylic acids is 1. The summed E-state index contributed by atoms with van der Waals surface area (Å²) in [7, 11) is 0. The Balaban J connectivity index is 2.30. The van der Waals surface area contributed by atoms with Gasteiger partial charge >= 0.3 is 5.97 Å². The van der Waals surface area contributed by atoms with Gasteiger partial charge in [-0.1, -0.05) is 17.7 Å². The SMILES string of the molecule is CC(=O)Nc1cccc(Nc2ccc(Cl)cc2C(=O)O)c1. The fourth-order valence-corrected chi connectivity index (χ4v) is 2.01. The summed E-state index contributed by atoms with van der Waals surface area (Å²) in [6.45, 7) is 1.42. The van der Waals surface area contributed by atoms with E-state index in [0.717, 1.165) is 0 Å². The van der Waals surface area contributed by atoms with Gasteiger partial charge in [0.2, 0.25) is 5.91 Å². The largest absolute Gasteiger partial charge is 0.478 e. The summed E-state index contributed by atoms with van der Waals surface area (Å²) in [6, 6.07) is 11.6. The van der Waals surface area contributed by atoms with Crippen LogP contribution < -0.4 is 10.6 Å². The molecule has 6 heteroatoms. The van der Waals surface area contributed by atoms with Crippen molar-refractivity contribution in [3.8, 4) is 0 Å². The highest BCUT2D eigenvalue weighted by atomic mass is 35.5. The summed E-state index contributed by atoms with van der Waals surface area (Å²) in [5.41, 5.74) is 1.78. The average molecular weight is 305 g/mol. The van der Waals surface area contributed by atoms with Crippen LogP contribution in [0.15, 0.2) is 42.5 Å². The van der Waals surface area contributed by atoms with Crippen molar-refractivity contribution in [2.24, 2.45) is 0 Å². The molecule has 0 aliphatic rings. The molecule has 0 aliphatic carbocycles. The van der Waals surface area contributed by atoms with Crippen LogP contribution in [0.1, 0.15) is 17.3 Å². The van der Waals surface area contributed by atoms with E-state index in [1.807, 2.05) is 0 Å². The number of halogens is 1. The van der Waals surface area contributed by atoms with Gasteiger partial charge in [0.15, 0.2) is 0 Å². The van der Waals surface area contributed by atoms with E-state index < -0.39 is 5.97 Å². The molecule has 3 N–H and O–H groups in total. The van der Waals surface area contributed by atoms with Crippen molar-refractivity contribution in [3.63, 3.8) is 0 Å². The van der Waals surface area contributed by atoms with Crippen molar-refractivity contribution in [1.29, 1.82) is 0 Å². The topological polar surface area (TPSA) is 78.4 Å². The van der Waals surface area contributed by atoms with Crippen molar-refractivity contribution >= 4 is 40.5 Å². The fourth-order valence-electron chi connectivity index (χ4n) is 1.84. The Morgan fingerprint density at radius 3 is 2.48 bits per heavy atom. The highest BCUT2D eigenvalue weighted by molar-refractivity contribution is 6.31. The van der Waals surface area contributed by atoms with Gasteiger partial charge in [-0.3, -0.25) is 4.79 Å². The molecule has 108 valence electrons. The Kier molecular flexibility index (Phi) is 4.45. The minimum absolute atomic E-state index is 0.0763. The number of amides is 1. The minimum atomic E-state index is -1.07. The molecule has 21 heavy (non-hydrogen) atoms. The molecule has 0 radical (unpaired) electrons. The number of aromatic carboxylic acids is 1. The summed E-state index contributed by atoms with van der Waals surface area (Å²) in [4.78, 5) is 22.3. The third-order valence-electron chi connectivity index (χ3n) is 2.67. The van der Waals surface area contributed by atoms with Gasteiger partial charge in [0.25, 0.3) is 0 Å². The van der Waals surface area contributed by atoms with Gasteiger partial charge in [-0.05, 0) is 36.4 Å². The van der Waals surface area contributed by atoms with E-state index >= 15 is 0 Å². The van der Waals surface area contributed by atoms with Gasteiger partial charge < -0.3 is 15.7 Å². The van der Waals surface area contributed by atoms with Crippen molar-refractivity contribution < 1.29 is 14.7 Å². The first kappa shape index (κ1) is 14.9. The van der Waals surface area contributed by atoms with Gasteiger partial charge in [0.1, 0.15) is 0 Å². The van der Waals surface area contributed by atoms with E-state index in [2.05, 4.69) is 10.6 Å². The van der Waals surface area contributed by atoms with Gasteiger partial charge in [-0.25, -0.2) is 4.79 Å². The Bertz CT molecular complexity index is 701. The number of carboxylic acids is 1. The fraction of sp³-hybridized carbons (Fsp3) is 0.0667. The van der Waals surface area contributed by atoms with Gasteiger partial charge in [0.05, 0.1) is 11.3 Å². The zero-order valence-corrected chi connectivity index (χ0v) is 11.9. The highest BCUT2D eigenvalue weighted by Gasteiger charge is 2.11. The Labute approximate surface area is 126 Å². The predicted molar refractivity (Wildman–Crippen MR) is 82.4 cm³/mol. The van der Waals surface area contributed by atoms with Crippen LogP contribution in [0.4, 0.5) is 17.1 Å². The molecule has 0 saturated heterocycles. The first-order valence-electron chi connectivity index (χ1n) is 6.13. The molecule has 0 atom stereocenters. The molecule has 0 bridgehead atoms. The molecule has 0 unspecified atom stereocenters. The average Bonchev–Trinajstić information content (AvgIpc) is 2.40. The Morgan fingerprint density at radius 1 is 1.10 bits per heavy atom. The summed E-state index contributed by atoms with van der Waals surface area (Å²) in [5, 5.41) is 15.2. The van der Waals surface area contributed by atoms with E-state index in [9.17, 15) is 14.7 Å². The quantitative estimate of drug-likeness (QED) is 0.804. The van der Waals surface area contributed by atoms with Gasteiger partial charge in [-0.2, -0.15) is 0 Å². The minimum Gasteiger partial charge on any atom is -0.478 e. The zero-order valence-electron chi connectivity index (χ0n) is 11.2. The molecular formula is C15H13ClN2O3. The monoisotopic (exact) mass is 304 g/mol. The Hall–Kier alpha value is -2.53. The molecule has 0 aromatic heterocycles. The Morgan fingerprint density at radius 2 is 1.81 bits per heavy atom. The van der Waals surface area contributed by atoms with E-state index in [1.54, 1.807) is 36.4 Å². The van der Waals surface area contributed by atoms with Crippen LogP contribution in [-0.2, 0) is 4.79 Å². The second-order valence-corrected chi connectivity index (χ2v) is 4.82. The number of rotatable bonds is 4. The lowest BCUT2D eigenvalue weighted by molar-refractivity contribution is -0.114. The molecule has 5 nitrogen and oxygen atoms in total. The molecule has 2 aromatic rings. The van der Waals surface area contributed by atoms with Crippen molar-refractivity contribution in [2.45, 2.75) is 6.92 Å². The normalized spacial score (nSPS) is 10.0. The number of carbonyl (C=O) groups is 2. The number of hydrogen-bond donors (Lipinski definition) is 3. The first-order valence-corrected chi connectivity index (χ1v) is 6.51. The summed E-state index contributed by atoms with van der Waals surface area (Å²) in [5.74, 6) is -1.25. The molecule has 1 amide bonds. The first-order chi connectivity index (χ1) is 9.95. The van der Waals surface area contributed by atoms with Crippen LogP contribution in [0, 0.1) is 0 Å². The number of carboxylic acid groups (broad SMARTS) is 1. The van der Waals surface area contributed by atoms with E-state index in [1.165, 1.54) is 13.0 Å². The van der Waals surface area contributed by atoms with Crippen LogP contribution in [0.3, 0.4) is 0 Å². The van der Waals surface area contributed by atoms with Crippen LogP contribution >= 0.6 is 11.6 Å². The molecule has 0 spiro atoms. The lowest BCUT2D eigenvalue weighted by Gasteiger charge is -2.11. The standard InChI is InChI=1S/C15H13ClN2O3/c1-9(19)17-11-3-2-4-12(8-11)18-14-6-5-10(16)7-13(14)15(20)21/h2-8,18H,1H3,(H,17,19)(H,20,21). The highest BCUT2D eigenvalue weighted by Crippen LogP contribution is 2.25. The molecule has 0 heterocycles. The summed E-state index contributed by atoms with van der Waals surface area (Å²) >= 11 is 5.81. The lowest BCUT2D eigenvalue weighted by Crippen LogP contribution is -2.06. The van der Waals surface area contributed by atoms with Crippen molar-refractivity contribution in [3.05, 3.63) is 53.1 Å². The van der Waals surface area contributed by atoms with Crippen LogP contribution in [0.5, 0.6) is 0 Å². The van der Waals surface area contributed by atoms with Gasteiger partial charge in [0, 0.05) is 23.3 Å². The lowest BCUT2D eigenvalue weighted by atomic mass is 10.1. The second-order valence-electron chi connectivity index (χ2n) is 4.38. The smallest absolute Gasteiger partial charge is 0.337 e. The molecule has 0 aliphatic heterocycles. The number of anilines is 3. The maximum atomic E-state index is 11.2. The van der Waals surface area contributed by atoms with E-state index in [4.69, 9.17) is 11.6 Å². The maximum absolute atomic E-state index is 11.2.